The van der Waals surface area contributed by atoms with Crippen molar-refractivity contribution in [2.45, 2.75) is 32.6 Å². The zero-order valence-electron chi connectivity index (χ0n) is 12.0. The van der Waals surface area contributed by atoms with Crippen LogP contribution in [0.4, 0.5) is 5.82 Å². The van der Waals surface area contributed by atoms with Gasteiger partial charge in [-0.2, -0.15) is 4.98 Å². The summed E-state index contributed by atoms with van der Waals surface area (Å²) in [6.45, 7) is 3.84. The maximum absolute atomic E-state index is 6.21. The van der Waals surface area contributed by atoms with Crippen LogP contribution in [-0.2, 0) is 0 Å². The van der Waals surface area contributed by atoms with Crippen LogP contribution in [0, 0.1) is 13.8 Å². The largest absolute Gasteiger partial charge is 0.437 e. The molecule has 5 nitrogen and oxygen atoms in total. The van der Waals surface area contributed by atoms with Crippen molar-refractivity contribution >= 4 is 17.4 Å². The second kappa shape index (κ2) is 5.50. The molecule has 0 unspecified atom stereocenters. The van der Waals surface area contributed by atoms with Gasteiger partial charge in [0.1, 0.15) is 11.6 Å². The van der Waals surface area contributed by atoms with Gasteiger partial charge in [0.2, 0.25) is 5.88 Å². The molecule has 0 atom stereocenters. The number of nitrogens with one attached hydrogen (secondary N) is 1. The number of aryl methyl sites for hydroxylation is 1. The summed E-state index contributed by atoms with van der Waals surface area (Å²) in [6, 6.07) is 5.64. The van der Waals surface area contributed by atoms with Crippen molar-refractivity contribution in [3.63, 3.8) is 0 Å². The molecule has 1 aromatic carbocycles. The summed E-state index contributed by atoms with van der Waals surface area (Å²) < 4.78 is 5.88. The Hall–Kier alpha value is -1.85. The molecule has 1 fully saturated rings. The molecule has 2 aromatic rings. The molecule has 3 rings (SSSR count). The predicted molar refractivity (Wildman–Crippen MR) is 82.8 cm³/mol. The number of hydrogen-bond acceptors (Lipinski definition) is 5. The molecule has 0 radical (unpaired) electrons. The standard InChI is InChI=1S/C15H17ClN4O/c1-8-3-6-12(11(16)7-8)21-15-9(2)13(20-17)18-14(19-15)10-4-5-10/h3,6-7,10H,4-5,17H2,1-2H3,(H,18,19,20). The van der Waals surface area contributed by atoms with Crippen molar-refractivity contribution in [1.82, 2.24) is 9.97 Å². The topological polar surface area (TPSA) is 73.1 Å². The Morgan fingerprint density at radius 3 is 2.67 bits per heavy atom. The van der Waals surface area contributed by atoms with E-state index in [0.29, 0.717) is 28.4 Å². The van der Waals surface area contributed by atoms with Crippen molar-refractivity contribution in [3.05, 3.63) is 40.2 Å². The molecule has 0 bridgehead atoms. The first kappa shape index (κ1) is 14.1. The maximum Gasteiger partial charge on any atom is 0.227 e. The van der Waals surface area contributed by atoms with Gasteiger partial charge in [0.25, 0.3) is 0 Å². The highest BCUT2D eigenvalue weighted by Crippen LogP contribution is 2.40. The molecule has 1 saturated carbocycles. The molecule has 21 heavy (non-hydrogen) atoms. The summed E-state index contributed by atoms with van der Waals surface area (Å²) in [6.07, 6.45) is 2.22. The lowest BCUT2D eigenvalue weighted by molar-refractivity contribution is 0.455. The fourth-order valence-electron chi connectivity index (χ4n) is 2.07. The number of benzene rings is 1. The summed E-state index contributed by atoms with van der Waals surface area (Å²) in [7, 11) is 0. The summed E-state index contributed by atoms with van der Waals surface area (Å²) in [4.78, 5) is 8.95. The van der Waals surface area contributed by atoms with Crippen molar-refractivity contribution in [2.24, 2.45) is 5.84 Å². The molecule has 0 amide bonds. The Bertz CT molecular complexity index is 686. The van der Waals surface area contributed by atoms with E-state index < -0.39 is 0 Å². The summed E-state index contributed by atoms with van der Waals surface area (Å²) in [5.74, 6) is 8.37. The molecule has 6 heteroatoms. The summed E-state index contributed by atoms with van der Waals surface area (Å²) in [5, 5.41) is 0.559. The average Bonchev–Trinajstić information content (AvgIpc) is 3.28. The quantitative estimate of drug-likeness (QED) is 0.665. The van der Waals surface area contributed by atoms with Crippen LogP contribution < -0.4 is 16.0 Å². The first-order chi connectivity index (χ1) is 10.1. The third kappa shape index (κ3) is 2.94. The van der Waals surface area contributed by atoms with Crippen LogP contribution in [-0.4, -0.2) is 9.97 Å². The lowest BCUT2D eigenvalue weighted by atomic mass is 10.2. The van der Waals surface area contributed by atoms with E-state index in [1.165, 1.54) is 0 Å². The molecule has 1 heterocycles. The first-order valence-corrected chi connectivity index (χ1v) is 7.25. The van der Waals surface area contributed by atoms with Crippen LogP contribution in [0.1, 0.15) is 35.7 Å². The van der Waals surface area contributed by atoms with Gasteiger partial charge in [0.05, 0.1) is 10.6 Å². The van der Waals surface area contributed by atoms with E-state index in [-0.39, 0.29) is 0 Å². The molecule has 0 aliphatic heterocycles. The van der Waals surface area contributed by atoms with E-state index in [0.717, 1.165) is 29.8 Å². The normalized spacial score (nSPS) is 14.1. The number of ether oxygens (including phenoxy) is 1. The van der Waals surface area contributed by atoms with Gasteiger partial charge in [-0.3, -0.25) is 0 Å². The second-order valence-corrected chi connectivity index (χ2v) is 5.72. The molecule has 3 N–H and O–H groups in total. The Balaban J connectivity index is 1.98. The smallest absolute Gasteiger partial charge is 0.227 e. The van der Waals surface area contributed by atoms with E-state index in [9.17, 15) is 0 Å². The molecule has 110 valence electrons. The maximum atomic E-state index is 6.21. The monoisotopic (exact) mass is 304 g/mol. The van der Waals surface area contributed by atoms with Crippen LogP contribution in [0.5, 0.6) is 11.6 Å². The fraction of sp³-hybridized carbons (Fsp3) is 0.333. The van der Waals surface area contributed by atoms with Crippen LogP contribution in [0.3, 0.4) is 0 Å². The van der Waals surface area contributed by atoms with Gasteiger partial charge in [-0.25, -0.2) is 10.8 Å². The fourth-order valence-corrected chi connectivity index (χ4v) is 2.34. The Morgan fingerprint density at radius 2 is 2.05 bits per heavy atom. The lowest BCUT2D eigenvalue weighted by Gasteiger charge is -2.13. The number of hydrazine groups is 1. The van der Waals surface area contributed by atoms with Gasteiger partial charge < -0.3 is 10.2 Å². The van der Waals surface area contributed by atoms with Gasteiger partial charge >= 0.3 is 0 Å². The van der Waals surface area contributed by atoms with E-state index in [1.807, 2.05) is 32.0 Å². The highest BCUT2D eigenvalue weighted by atomic mass is 35.5. The van der Waals surface area contributed by atoms with Crippen LogP contribution >= 0.6 is 11.6 Å². The highest BCUT2D eigenvalue weighted by Gasteiger charge is 2.28. The number of hydrogen-bond donors (Lipinski definition) is 2. The molecule has 1 aromatic heterocycles. The second-order valence-electron chi connectivity index (χ2n) is 5.32. The Morgan fingerprint density at radius 1 is 1.29 bits per heavy atom. The van der Waals surface area contributed by atoms with Crippen molar-refractivity contribution < 1.29 is 4.74 Å². The number of nitrogens with two attached hydrogens (primary N) is 1. The Kier molecular flexibility index (Phi) is 3.69. The summed E-state index contributed by atoms with van der Waals surface area (Å²) in [5.41, 5.74) is 4.45. The number of aromatic nitrogens is 2. The minimum Gasteiger partial charge on any atom is -0.437 e. The number of anilines is 1. The number of rotatable bonds is 4. The highest BCUT2D eigenvalue weighted by molar-refractivity contribution is 6.32. The molecular weight excluding hydrogens is 288 g/mol. The zero-order chi connectivity index (χ0) is 15.0. The van der Waals surface area contributed by atoms with E-state index in [1.54, 1.807) is 0 Å². The zero-order valence-corrected chi connectivity index (χ0v) is 12.7. The SMILES string of the molecule is Cc1ccc(Oc2nc(C3CC3)nc(NN)c2C)c(Cl)c1. The van der Waals surface area contributed by atoms with Crippen molar-refractivity contribution in [1.29, 1.82) is 0 Å². The van der Waals surface area contributed by atoms with Gasteiger partial charge in [-0.15, -0.1) is 0 Å². The van der Waals surface area contributed by atoms with E-state index >= 15 is 0 Å². The van der Waals surface area contributed by atoms with E-state index in [2.05, 4.69) is 15.4 Å². The number of nitrogens with zero attached hydrogens (tertiary/aromatic N) is 2. The predicted octanol–water partition coefficient (Wildman–Crippen LogP) is 3.70. The van der Waals surface area contributed by atoms with Crippen molar-refractivity contribution in [2.75, 3.05) is 5.43 Å². The first-order valence-electron chi connectivity index (χ1n) is 6.87. The molecular formula is C15H17ClN4O. The minimum atomic E-state index is 0.411. The van der Waals surface area contributed by atoms with Gasteiger partial charge in [-0.1, -0.05) is 17.7 Å². The van der Waals surface area contributed by atoms with Crippen LogP contribution in [0.15, 0.2) is 18.2 Å². The van der Waals surface area contributed by atoms with E-state index in [4.69, 9.17) is 22.2 Å². The van der Waals surface area contributed by atoms with Crippen LogP contribution in [0.25, 0.3) is 0 Å². The molecule has 0 saturated heterocycles. The van der Waals surface area contributed by atoms with Gasteiger partial charge in [0, 0.05) is 5.92 Å². The average molecular weight is 305 g/mol. The minimum absolute atomic E-state index is 0.411. The number of nitrogen functional groups attached to an aromatic ring is 1. The molecule has 1 aliphatic rings. The van der Waals surface area contributed by atoms with Crippen molar-refractivity contribution in [3.8, 4) is 11.6 Å². The lowest BCUT2D eigenvalue weighted by Crippen LogP contribution is -2.13. The summed E-state index contributed by atoms with van der Waals surface area (Å²) >= 11 is 6.21. The van der Waals surface area contributed by atoms with Gasteiger partial charge in [-0.05, 0) is 44.4 Å². The molecule has 1 aliphatic carbocycles. The number of halogens is 1. The van der Waals surface area contributed by atoms with Crippen LogP contribution in [0.2, 0.25) is 5.02 Å². The Labute approximate surface area is 128 Å². The molecule has 0 spiro atoms. The van der Waals surface area contributed by atoms with Gasteiger partial charge in [0.15, 0.2) is 5.82 Å². The third-order valence-electron chi connectivity index (χ3n) is 3.49. The third-order valence-corrected chi connectivity index (χ3v) is 3.79.